The second-order valence-electron chi connectivity index (χ2n) is 4.16. The number of carbonyl (C=O) groups excluding carboxylic acids is 1. The topological polar surface area (TPSA) is 61.5 Å². The largest absolute Gasteiger partial charge is 0.467 e. The number of hydrogen-bond acceptors (Lipinski definition) is 4. The number of carbonyl (C=O) groups is 1. The highest BCUT2D eigenvalue weighted by molar-refractivity contribution is 9.10. The molecule has 0 radical (unpaired) electrons. The van der Waals surface area contributed by atoms with Crippen molar-refractivity contribution in [2.24, 2.45) is 5.73 Å². The summed E-state index contributed by atoms with van der Waals surface area (Å²) in [5.41, 5.74) is 9.30. The number of hydrogen-bond donors (Lipinski definition) is 1. The van der Waals surface area contributed by atoms with Crippen LogP contribution in [0.2, 0.25) is 0 Å². The van der Waals surface area contributed by atoms with Gasteiger partial charge < -0.3 is 15.2 Å². The summed E-state index contributed by atoms with van der Waals surface area (Å²) in [6, 6.07) is 3.82. The highest BCUT2D eigenvalue weighted by Crippen LogP contribution is 2.24. The molecule has 1 aromatic carbocycles. The Balaban J connectivity index is 2.64. The van der Waals surface area contributed by atoms with Gasteiger partial charge in [-0.3, -0.25) is 0 Å². The summed E-state index contributed by atoms with van der Waals surface area (Å²) in [5, 5.41) is 0. The Morgan fingerprint density at radius 2 is 2.06 bits per heavy atom. The van der Waals surface area contributed by atoms with Crippen LogP contribution in [0.15, 0.2) is 16.6 Å². The average Bonchev–Trinajstić information content (AvgIpc) is 2.33. The lowest BCUT2D eigenvalue weighted by molar-refractivity contribution is -0.146. The van der Waals surface area contributed by atoms with Gasteiger partial charge in [0.25, 0.3) is 0 Å². The lowest BCUT2D eigenvalue weighted by Gasteiger charge is -2.16. The van der Waals surface area contributed by atoms with Crippen molar-refractivity contribution >= 4 is 21.9 Å². The number of nitrogens with two attached hydrogens (primary N) is 1. The smallest absolute Gasteiger partial charge is 0.331 e. The van der Waals surface area contributed by atoms with Crippen LogP contribution in [0.3, 0.4) is 0 Å². The predicted octanol–water partition coefficient (Wildman–Crippen LogP) is 2.26. The zero-order chi connectivity index (χ0) is 13.7. The Bertz CT molecular complexity index is 434. The van der Waals surface area contributed by atoms with Crippen LogP contribution in [0.5, 0.6) is 0 Å². The molecule has 0 aliphatic rings. The van der Waals surface area contributed by atoms with Gasteiger partial charge in [0.05, 0.1) is 19.8 Å². The van der Waals surface area contributed by atoms with Crippen LogP contribution < -0.4 is 5.73 Å². The van der Waals surface area contributed by atoms with E-state index in [4.69, 9.17) is 10.5 Å². The molecule has 0 spiro atoms. The minimum atomic E-state index is -0.397. The van der Waals surface area contributed by atoms with Crippen molar-refractivity contribution in [1.29, 1.82) is 0 Å². The fourth-order valence-corrected chi connectivity index (χ4v) is 2.08. The number of methoxy groups -OCH3 is 1. The molecule has 1 atom stereocenters. The summed E-state index contributed by atoms with van der Waals surface area (Å²) in [7, 11) is 1.33. The number of benzene rings is 1. The van der Waals surface area contributed by atoms with E-state index in [2.05, 4.69) is 20.7 Å². The maximum Gasteiger partial charge on any atom is 0.331 e. The molecule has 5 heteroatoms. The Morgan fingerprint density at radius 3 is 2.67 bits per heavy atom. The second kappa shape index (κ2) is 6.87. The number of ether oxygens (including phenoxy) is 2. The molecule has 100 valence electrons. The minimum Gasteiger partial charge on any atom is -0.467 e. The molecule has 4 nitrogen and oxygen atoms in total. The number of rotatable bonds is 5. The van der Waals surface area contributed by atoms with Crippen LogP contribution in [-0.4, -0.2) is 26.3 Å². The zero-order valence-corrected chi connectivity index (χ0v) is 12.4. The zero-order valence-electron chi connectivity index (χ0n) is 10.8. The summed E-state index contributed by atoms with van der Waals surface area (Å²) in [4.78, 5) is 10.9. The van der Waals surface area contributed by atoms with Gasteiger partial charge >= 0.3 is 5.97 Å². The van der Waals surface area contributed by atoms with Crippen LogP contribution in [-0.2, 0) is 14.3 Å². The van der Waals surface area contributed by atoms with Gasteiger partial charge in [-0.1, -0.05) is 22.0 Å². The number of esters is 1. The van der Waals surface area contributed by atoms with E-state index in [-0.39, 0.29) is 19.3 Å². The highest BCUT2D eigenvalue weighted by atomic mass is 79.9. The predicted molar refractivity (Wildman–Crippen MR) is 73.4 cm³/mol. The van der Waals surface area contributed by atoms with E-state index < -0.39 is 5.97 Å². The Kier molecular flexibility index (Phi) is 5.78. The van der Waals surface area contributed by atoms with Gasteiger partial charge in [0.1, 0.15) is 6.61 Å². The van der Waals surface area contributed by atoms with Crippen molar-refractivity contribution in [3.05, 3.63) is 33.3 Å². The first-order chi connectivity index (χ1) is 8.45. The molecule has 0 aliphatic heterocycles. The van der Waals surface area contributed by atoms with Crippen LogP contribution in [0, 0.1) is 13.8 Å². The van der Waals surface area contributed by atoms with E-state index >= 15 is 0 Å². The average molecular weight is 316 g/mol. The summed E-state index contributed by atoms with van der Waals surface area (Å²) < 4.78 is 10.8. The summed E-state index contributed by atoms with van der Waals surface area (Å²) >= 11 is 3.48. The van der Waals surface area contributed by atoms with Gasteiger partial charge in [-0.2, -0.15) is 0 Å². The molecule has 2 N–H and O–H groups in total. The molecule has 0 heterocycles. The third-order valence-corrected chi connectivity index (χ3v) is 3.55. The SMILES string of the molecule is COC(=O)COCC(N)c1cc(C)c(Br)cc1C. The first-order valence-corrected chi connectivity index (χ1v) is 6.41. The van der Waals surface area contributed by atoms with Gasteiger partial charge in [-0.25, -0.2) is 4.79 Å². The lowest BCUT2D eigenvalue weighted by Crippen LogP contribution is -2.21. The van der Waals surface area contributed by atoms with Crippen molar-refractivity contribution < 1.29 is 14.3 Å². The van der Waals surface area contributed by atoms with Gasteiger partial charge in [-0.05, 0) is 36.6 Å². The maximum atomic E-state index is 10.9. The summed E-state index contributed by atoms with van der Waals surface area (Å²) in [6.45, 7) is 4.23. The van der Waals surface area contributed by atoms with Crippen molar-refractivity contribution in [3.8, 4) is 0 Å². The fourth-order valence-electron chi connectivity index (χ4n) is 1.62. The van der Waals surface area contributed by atoms with Crippen LogP contribution in [0.1, 0.15) is 22.7 Å². The molecule has 18 heavy (non-hydrogen) atoms. The van der Waals surface area contributed by atoms with Gasteiger partial charge in [0, 0.05) is 4.47 Å². The summed E-state index contributed by atoms with van der Waals surface area (Å²) in [6.07, 6.45) is 0. The third-order valence-electron chi connectivity index (χ3n) is 2.69. The van der Waals surface area contributed by atoms with E-state index in [0.717, 1.165) is 21.2 Å². The lowest BCUT2D eigenvalue weighted by atomic mass is 10.00. The molecule has 0 fully saturated rings. The van der Waals surface area contributed by atoms with Gasteiger partial charge in [-0.15, -0.1) is 0 Å². The molecule has 0 amide bonds. The second-order valence-corrected chi connectivity index (χ2v) is 5.01. The minimum absolute atomic E-state index is 0.0707. The molecular formula is C13H18BrNO3. The Hall–Kier alpha value is -0.910. The Morgan fingerprint density at radius 1 is 1.39 bits per heavy atom. The van der Waals surface area contributed by atoms with Gasteiger partial charge in [0.15, 0.2) is 0 Å². The van der Waals surface area contributed by atoms with E-state index in [1.165, 1.54) is 7.11 Å². The molecule has 1 unspecified atom stereocenters. The van der Waals surface area contributed by atoms with Crippen LogP contribution >= 0.6 is 15.9 Å². The summed E-state index contributed by atoms with van der Waals surface area (Å²) in [5.74, 6) is -0.397. The molecule has 0 bridgehead atoms. The first-order valence-electron chi connectivity index (χ1n) is 5.62. The molecule has 0 aromatic heterocycles. The molecule has 1 rings (SSSR count). The van der Waals surface area contributed by atoms with E-state index in [1.54, 1.807) is 0 Å². The highest BCUT2D eigenvalue weighted by Gasteiger charge is 2.12. The molecule has 1 aromatic rings. The van der Waals surface area contributed by atoms with E-state index in [1.807, 2.05) is 26.0 Å². The van der Waals surface area contributed by atoms with E-state index in [0.29, 0.717) is 0 Å². The van der Waals surface area contributed by atoms with Crippen molar-refractivity contribution in [2.75, 3.05) is 20.3 Å². The monoisotopic (exact) mass is 315 g/mol. The van der Waals surface area contributed by atoms with E-state index in [9.17, 15) is 4.79 Å². The Labute approximate surface area is 116 Å². The first kappa shape index (κ1) is 15.1. The molecule has 0 saturated carbocycles. The van der Waals surface area contributed by atoms with Crippen molar-refractivity contribution in [1.82, 2.24) is 0 Å². The fraction of sp³-hybridized carbons (Fsp3) is 0.462. The maximum absolute atomic E-state index is 10.9. The molecular weight excluding hydrogens is 298 g/mol. The molecule has 0 aliphatic carbocycles. The standard InChI is InChI=1S/C13H18BrNO3/c1-8-5-11(14)9(2)4-10(8)12(15)6-18-7-13(16)17-3/h4-5,12H,6-7,15H2,1-3H3. The van der Waals surface area contributed by atoms with Crippen molar-refractivity contribution in [2.45, 2.75) is 19.9 Å². The normalized spacial score (nSPS) is 12.3. The number of aryl methyl sites for hydroxylation is 2. The number of halogens is 1. The quantitative estimate of drug-likeness (QED) is 0.847. The van der Waals surface area contributed by atoms with Gasteiger partial charge in [0.2, 0.25) is 0 Å². The van der Waals surface area contributed by atoms with Crippen LogP contribution in [0.4, 0.5) is 0 Å². The van der Waals surface area contributed by atoms with Crippen LogP contribution in [0.25, 0.3) is 0 Å². The third kappa shape index (κ3) is 4.08. The van der Waals surface area contributed by atoms with Crippen molar-refractivity contribution in [3.63, 3.8) is 0 Å². The molecule has 0 saturated heterocycles.